The maximum atomic E-state index is 10.9. The number of methoxy groups -OCH3 is 1. The minimum Gasteiger partial charge on any atom is -0.481 e. The fourth-order valence-corrected chi connectivity index (χ4v) is 1.67. The standard InChI is InChI=1S/C10H17NO4/c1-7-8(10(7,2)9(12)13)6-11-15-5-4-14-3/h6-8H,4-5H2,1-3H3,(H,12,13)/t7?,8?,10-/m1/s1. The maximum Gasteiger partial charge on any atom is 0.310 e. The second-order valence-corrected chi connectivity index (χ2v) is 3.98. The number of carbonyl (C=O) groups is 1. The Labute approximate surface area is 89.1 Å². The van der Waals surface area contributed by atoms with Gasteiger partial charge < -0.3 is 14.7 Å². The molecule has 5 nitrogen and oxygen atoms in total. The van der Waals surface area contributed by atoms with Crippen LogP contribution >= 0.6 is 0 Å². The molecule has 0 amide bonds. The van der Waals surface area contributed by atoms with E-state index in [0.29, 0.717) is 13.2 Å². The predicted molar refractivity (Wildman–Crippen MR) is 54.7 cm³/mol. The van der Waals surface area contributed by atoms with E-state index < -0.39 is 11.4 Å². The molecule has 0 aromatic rings. The molecule has 1 fully saturated rings. The molecule has 0 saturated heterocycles. The van der Waals surface area contributed by atoms with Crippen molar-refractivity contribution < 1.29 is 19.5 Å². The molecule has 2 unspecified atom stereocenters. The Hall–Kier alpha value is -1.10. The highest BCUT2D eigenvalue weighted by atomic mass is 16.6. The van der Waals surface area contributed by atoms with Crippen LogP contribution < -0.4 is 0 Å². The summed E-state index contributed by atoms with van der Waals surface area (Å²) in [4.78, 5) is 15.8. The van der Waals surface area contributed by atoms with Crippen LogP contribution in [0.2, 0.25) is 0 Å². The highest BCUT2D eigenvalue weighted by Gasteiger charge is 2.63. The number of rotatable bonds is 6. The number of ether oxygens (including phenoxy) is 1. The lowest BCUT2D eigenvalue weighted by Crippen LogP contribution is -2.14. The number of aliphatic carboxylic acids is 1. The van der Waals surface area contributed by atoms with Crippen LogP contribution in [0.4, 0.5) is 0 Å². The summed E-state index contributed by atoms with van der Waals surface area (Å²) in [5.41, 5.74) is -0.673. The molecule has 15 heavy (non-hydrogen) atoms. The van der Waals surface area contributed by atoms with Crippen LogP contribution in [0.3, 0.4) is 0 Å². The molecule has 0 aromatic carbocycles. The largest absolute Gasteiger partial charge is 0.481 e. The zero-order valence-corrected chi connectivity index (χ0v) is 9.27. The summed E-state index contributed by atoms with van der Waals surface area (Å²) in [7, 11) is 1.58. The van der Waals surface area contributed by atoms with Crippen molar-refractivity contribution in [1.29, 1.82) is 0 Å². The summed E-state index contributed by atoms with van der Waals surface area (Å²) in [6, 6.07) is 0. The van der Waals surface area contributed by atoms with E-state index in [2.05, 4.69) is 5.16 Å². The lowest BCUT2D eigenvalue weighted by molar-refractivity contribution is -0.143. The van der Waals surface area contributed by atoms with Crippen LogP contribution in [0.5, 0.6) is 0 Å². The average Bonchev–Trinajstić information content (AvgIpc) is 2.72. The van der Waals surface area contributed by atoms with Crippen molar-refractivity contribution in [3.05, 3.63) is 0 Å². The molecule has 86 valence electrons. The Bertz CT molecular complexity index is 266. The molecule has 0 radical (unpaired) electrons. The summed E-state index contributed by atoms with van der Waals surface area (Å²) >= 11 is 0. The molecule has 1 aliphatic rings. The number of carboxylic acid groups (broad SMARTS) is 1. The molecule has 0 aliphatic heterocycles. The van der Waals surface area contributed by atoms with Gasteiger partial charge in [-0.05, 0) is 12.8 Å². The summed E-state index contributed by atoms with van der Waals surface area (Å²) in [6.07, 6.45) is 1.58. The van der Waals surface area contributed by atoms with Crippen LogP contribution in [0, 0.1) is 17.3 Å². The van der Waals surface area contributed by atoms with Crippen LogP contribution in [0.1, 0.15) is 13.8 Å². The summed E-state index contributed by atoms with van der Waals surface area (Å²) in [6.45, 7) is 4.50. The summed E-state index contributed by atoms with van der Waals surface area (Å²) in [5, 5.41) is 12.7. The molecular formula is C10H17NO4. The van der Waals surface area contributed by atoms with Crippen LogP contribution in [-0.4, -0.2) is 37.6 Å². The van der Waals surface area contributed by atoms with E-state index in [-0.39, 0.29) is 11.8 Å². The molecule has 1 aliphatic carbocycles. The monoisotopic (exact) mass is 215 g/mol. The SMILES string of the molecule is COCCON=CC1C(C)[C@@]1(C)C(=O)O. The zero-order valence-electron chi connectivity index (χ0n) is 9.27. The number of carboxylic acids is 1. The molecule has 1 N–H and O–H groups in total. The first-order chi connectivity index (χ1) is 7.05. The van der Waals surface area contributed by atoms with Gasteiger partial charge in [-0.3, -0.25) is 4.79 Å². The summed E-state index contributed by atoms with van der Waals surface area (Å²) < 4.78 is 4.77. The van der Waals surface area contributed by atoms with E-state index in [0.717, 1.165) is 0 Å². The minimum atomic E-state index is -0.775. The van der Waals surface area contributed by atoms with Gasteiger partial charge in [0.2, 0.25) is 0 Å². The third-order valence-corrected chi connectivity index (χ3v) is 3.20. The average molecular weight is 215 g/mol. The van der Waals surface area contributed by atoms with Gasteiger partial charge in [0.05, 0.1) is 12.0 Å². The van der Waals surface area contributed by atoms with Gasteiger partial charge in [-0.15, -0.1) is 0 Å². The van der Waals surface area contributed by atoms with Crippen molar-refractivity contribution in [3.63, 3.8) is 0 Å². The quantitative estimate of drug-likeness (QED) is 0.407. The number of hydrogen-bond acceptors (Lipinski definition) is 4. The van der Waals surface area contributed by atoms with Gasteiger partial charge in [0, 0.05) is 19.2 Å². The number of hydrogen-bond donors (Lipinski definition) is 1. The topological polar surface area (TPSA) is 68.1 Å². The fourth-order valence-electron chi connectivity index (χ4n) is 1.67. The smallest absolute Gasteiger partial charge is 0.310 e. The van der Waals surface area contributed by atoms with Gasteiger partial charge >= 0.3 is 5.97 Å². The number of oxime groups is 1. The summed E-state index contributed by atoms with van der Waals surface area (Å²) in [5.74, 6) is -0.689. The van der Waals surface area contributed by atoms with E-state index >= 15 is 0 Å². The third kappa shape index (κ3) is 2.28. The van der Waals surface area contributed by atoms with Gasteiger partial charge in [0.1, 0.15) is 6.61 Å². The molecule has 0 spiro atoms. The molecule has 1 saturated carbocycles. The molecule has 0 bridgehead atoms. The maximum absolute atomic E-state index is 10.9. The van der Waals surface area contributed by atoms with E-state index in [1.54, 1.807) is 20.2 Å². The van der Waals surface area contributed by atoms with E-state index in [4.69, 9.17) is 14.7 Å². The highest BCUT2D eigenvalue weighted by molar-refractivity contribution is 5.86. The zero-order chi connectivity index (χ0) is 11.5. The van der Waals surface area contributed by atoms with Crippen molar-refractivity contribution in [1.82, 2.24) is 0 Å². The third-order valence-electron chi connectivity index (χ3n) is 3.20. The molecule has 0 aromatic heterocycles. The minimum absolute atomic E-state index is 0.0301. The van der Waals surface area contributed by atoms with Crippen LogP contribution in [-0.2, 0) is 14.4 Å². The van der Waals surface area contributed by atoms with Crippen LogP contribution in [0.25, 0.3) is 0 Å². The Morgan fingerprint density at radius 2 is 2.27 bits per heavy atom. The van der Waals surface area contributed by atoms with Crippen molar-refractivity contribution in [2.75, 3.05) is 20.3 Å². The van der Waals surface area contributed by atoms with Crippen molar-refractivity contribution in [3.8, 4) is 0 Å². The van der Waals surface area contributed by atoms with Gasteiger partial charge in [-0.25, -0.2) is 0 Å². The fraction of sp³-hybridized carbons (Fsp3) is 0.800. The lowest BCUT2D eigenvalue weighted by Gasteiger charge is -2.01. The normalized spacial score (nSPS) is 34.3. The van der Waals surface area contributed by atoms with Crippen LogP contribution in [0.15, 0.2) is 5.16 Å². The van der Waals surface area contributed by atoms with Gasteiger partial charge in [0.25, 0.3) is 0 Å². The predicted octanol–water partition coefficient (Wildman–Crippen LogP) is 0.992. The van der Waals surface area contributed by atoms with Crippen molar-refractivity contribution in [2.24, 2.45) is 22.4 Å². The van der Waals surface area contributed by atoms with Gasteiger partial charge in [0.15, 0.2) is 0 Å². The molecule has 1 rings (SSSR count). The second kappa shape index (κ2) is 4.61. The first-order valence-corrected chi connectivity index (χ1v) is 4.93. The van der Waals surface area contributed by atoms with E-state index in [9.17, 15) is 4.79 Å². The number of nitrogens with zero attached hydrogens (tertiary/aromatic N) is 1. The Morgan fingerprint density at radius 3 is 2.73 bits per heavy atom. The van der Waals surface area contributed by atoms with Crippen molar-refractivity contribution in [2.45, 2.75) is 13.8 Å². The lowest BCUT2D eigenvalue weighted by atomic mass is 10.1. The molecular weight excluding hydrogens is 198 g/mol. The molecule has 0 heterocycles. The second-order valence-electron chi connectivity index (χ2n) is 3.98. The first kappa shape index (κ1) is 12.0. The van der Waals surface area contributed by atoms with Gasteiger partial charge in [-0.2, -0.15) is 0 Å². The van der Waals surface area contributed by atoms with Gasteiger partial charge in [-0.1, -0.05) is 12.1 Å². The molecule has 5 heteroatoms. The Balaban J connectivity index is 2.33. The Kier molecular flexibility index (Phi) is 3.68. The molecule has 3 atom stereocenters. The highest BCUT2D eigenvalue weighted by Crippen LogP contribution is 2.57. The Morgan fingerprint density at radius 1 is 1.60 bits per heavy atom. The van der Waals surface area contributed by atoms with Crippen molar-refractivity contribution >= 4 is 12.2 Å². The van der Waals surface area contributed by atoms with E-state index in [1.807, 2.05) is 6.92 Å². The first-order valence-electron chi connectivity index (χ1n) is 4.93. The van der Waals surface area contributed by atoms with E-state index in [1.165, 1.54) is 0 Å².